The molecule has 1 rings (SSSR count). The first-order valence-electron chi connectivity index (χ1n) is 6.41. The van der Waals surface area contributed by atoms with Crippen molar-refractivity contribution in [1.82, 2.24) is 15.6 Å². The molecule has 5 heteroatoms. The van der Waals surface area contributed by atoms with Crippen LogP contribution in [0.25, 0.3) is 0 Å². The van der Waals surface area contributed by atoms with Gasteiger partial charge in [0.05, 0.1) is 11.0 Å². The van der Waals surface area contributed by atoms with E-state index in [1.807, 2.05) is 20.0 Å². The molecule has 0 aliphatic carbocycles. The van der Waals surface area contributed by atoms with Gasteiger partial charge in [-0.05, 0) is 26.2 Å². The molecule has 4 nitrogen and oxygen atoms in total. The van der Waals surface area contributed by atoms with Gasteiger partial charge in [-0.15, -0.1) is 11.3 Å². The maximum absolute atomic E-state index is 11.8. The van der Waals surface area contributed by atoms with Crippen LogP contribution < -0.4 is 10.6 Å². The summed E-state index contributed by atoms with van der Waals surface area (Å²) in [6, 6.07) is -0.167. The Morgan fingerprint density at radius 2 is 2.17 bits per heavy atom. The number of aryl methyl sites for hydroxylation is 1. The van der Waals surface area contributed by atoms with Gasteiger partial charge in [0.2, 0.25) is 5.91 Å². The second-order valence-electron chi connectivity index (χ2n) is 4.92. The van der Waals surface area contributed by atoms with E-state index in [2.05, 4.69) is 29.5 Å². The number of aromatic nitrogens is 1. The van der Waals surface area contributed by atoms with Crippen molar-refractivity contribution in [2.24, 2.45) is 5.92 Å². The van der Waals surface area contributed by atoms with Gasteiger partial charge < -0.3 is 10.6 Å². The van der Waals surface area contributed by atoms with E-state index in [0.29, 0.717) is 12.5 Å². The van der Waals surface area contributed by atoms with Gasteiger partial charge in [0.25, 0.3) is 0 Å². The second-order valence-corrected chi connectivity index (χ2v) is 6.24. The summed E-state index contributed by atoms with van der Waals surface area (Å²) in [5.41, 5.74) is 0. The highest BCUT2D eigenvalue weighted by atomic mass is 32.1. The standard InChI is InChI=1S/C13H23N3OS/c1-9(2)5-6-14-13(17)10(3)15-7-12-8-16-11(4)18-12/h8-10,15H,5-7H2,1-4H3,(H,14,17). The van der Waals surface area contributed by atoms with Gasteiger partial charge in [-0.1, -0.05) is 13.8 Å². The van der Waals surface area contributed by atoms with Gasteiger partial charge in [0.1, 0.15) is 0 Å². The summed E-state index contributed by atoms with van der Waals surface area (Å²) in [7, 11) is 0. The lowest BCUT2D eigenvalue weighted by Gasteiger charge is -2.14. The number of thiazole rings is 1. The Morgan fingerprint density at radius 1 is 1.44 bits per heavy atom. The highest BCUT2D eigenvalue weighted by Crippen LogP contribution is 2.10. The van der Waals surface area contributed by atoms with Crippen LogP contribution in [0.1, 0.15) is 37.1 Å². The Bertz CT molecular complexity index is 376. The fraction of sp³-hybridized carbons (Fsp3) is 0.692. The molecule has 102 valence electrons. The predicted octanol–water partition coefficient (Wildman–Crippen LogP) is 2.09. The van der Waals surface area contributed by atoms with Crippen LogP contribution in [0.3, 0.4) is 0 Å². The molecule has 0 fully saturated rings. The summed E-state index contributed by atoms with van der Waals surface area (Å²) < 4.78 is 0. The number of carbonyl (C=O) groups excluding carboxylic acids is 1. The normalized spacial score (nSPS) is 12.7. The Balaban J connectivity index is 2.23. The minimum atomic E-state index is -0.167. The molecule has 1 unspecified atom stereocenters. The number of hydrogen-bond donors (Lipinski definition) is 2. The first-order valence-corrected chi connectivity index (χ1v) is 7.23. The second kappa shape index (κ2) is 7.48. The fourth-order valence-corrected chi connectivity index (χ4v) is 2.22. The van der Waals surface area contributed by atoms with Crippen LogP contribution >= 0.6 is 11.3 Å². The quantitative estimate of drug-likeness (QED) is 0.797. The van der Waals surface area contributed by atoms with Gasteiger partial charge in [-0.25, -0.2) is 4.98 Å². The molecule has 2 N–H and O–H groups in total. The van der Waals surface area contributed by atoms with Crippen molar-refractivity contribution in [3.8, 4) is 0 Å². The summed E-state index contributed by atoms with van der Waals surface area (Å²) in [6.45, 7) is 9.63. The topological polar surface area (TPSA) is 54.0 Å². The zero-order valence-corrected chi connectivity index (χ0v) is 12.4. The van der Waals surface area contributed by atoms with Crippen LogP contribution in [0.15, 0.2) is 6.20 Å². The summed E-state index contributed by atoms with van der Waals surface area (Å²) in [5.74, 6) is 0.686. The van der Waals surface area contributed by atoms with Crippen LogP contribution in [0.4, 0.5) is 0 Å². The molecule has 1 amide bonds. The molecule has 0 saturated heterocycles. The van der Waals surface area contributed by atoms with Gasteiger partial charge in [-0.3, -0.25) is 4.79 Å². The predicted molar refractivity (Wildman–Crippen MR) is 75.6 cm³/mol. The summed E-state index contributed by atoms with van der Waals surface area (Å²) >= 11 is 1.66. The maximum Gasteiger partial charge on any atom is 0.236 e. The van der Waals surface area contributed by atoms with E-state index >= 15 is 0 Å². The lowest BCUT2D eigenvalue weighted by molar-refractivity contribution is -0.122. The fourth-order valence-electron chi connectivity index (χ4n) is 1.47. The summed E-state index contributed by atoms with van der Waals surface area (Å²) in [4.78, 5) is 17.1. The van der Waals surface area contributed by atoms with E-state index in [0.717, 1.165) is 22.9 Å². The number of hydrogen-bond acceptors (Lipinski definition) is 4. The van der Waals surface area contributed by atoms with Crippen LogP contribution in [-0.4, -0.2) is 23.5 Å². The van der Waals surface area contributed by atoms with Crippen molar-refractivity contribution in [3.05, 3.63) is 16.1 Å². The smallest absolute Gasteiger partial charge is 0.236 e. The molecule has 0 aliphatic rings. The van der Waals surface area contributed by atoms with Crippen LogP contribution in [-0.2, 0) is 11.3 Å². The molecule has 1 heterocycles. The third-order valence-electron chi connectivity index (χ3n) is 2.67. The minimum Gasteiger partial charge on any atom is -0.355 e. The van der Waals surface area contributed by atoms with E-state index in [4.69, 9.17) is 0 Å². The number of rotatable bonds is 7. The molecule has 1 aromatic heterocycles. The summed E-state index contributed by atoms with van der Waals surface area (Å²) in [6.07, 6.45) is 2.88. The number of nitrogens with one attached hydrogen (secondary N) is 2. The van der Waals surface area contributed by atoms with E-state index in [9.17, 15) is 4.79 Å². The van der Waals surface area contributed by atoms with Gasteiger partial charge in [-0.2, -0.15) is 0 Å². The van der Waals surface area contributed by atoms with Gasteiger partial charge >= 0.3 is 0 Å². The van der Waals surface area contributed by atoms with Crippen molar-refractivity contribution in [1.29, 1.82) is 0 Å². The van der Waals surface area contributed by atoms with E-state index in [1.165, 1.54) is 0 Å². The van der Waals surface area contributed by atoms with Gasteiger partial charge in [0, 0.05) is 24.2 Å². The molecular weight excluding hydrogens is 246 g/mol. The maximum atomic E-state index is 11.8. The average molecular weight is 269 g/mol. The molecule has 1 atom stereocenters. The molecule has 0 saturated carbocycles. The molecule has 0 spiro atoms. The molecule has 18 heavy (non-hydrogen) atoms. The first kappa shape index (κ1) is 15.1. The average Bonchev–Trinajstić information content (AvgIpc) is 2.71. The lowest BCUT2D eigenvalue weighted by atomic mass is 10.1. The lowest BCUT2D eigenvalue weighted by Crippen LogP contribution is -2.42. The molecule has 0 aliphatic heterocycles. The number of nitrogens with zero attached hydrogens (tertiary/aromatic N) is 1. The molecule has 0 bridgehead atoms. The molecule has 1 aromatic rings. The third kappa shape index (κ3) is 5.60. The number of amides is 1. The minimum absolute atomic E-state index is 0.0666. The monoisotopic (exact) mass is 269 g/mol. The van der Waals surface area contributed by atoms with Crippen molar-refractivity contribution >= 4 is 17.2 Å². The van der Waals surface area contributed by atoms with Crippen molar-refractivity contribution < 1.29 is 4.79 Å². The molecular formula is C13H23N3OS. The van der Waals surface area contributed by atoms with E-state index in [-0.39, 0.29) is 11.9 Å². The highest BCUT2D eigenvalue weighted by Gasteiger charge is 2.12. The Morgan fingerprint density at radius 3 is 2.72 bits per heavy atom. The Labute approximate surface area is 113 Å². The van der Waals surface area contributed by atoms with Crippen LogP contribution in [0, 0.1) is 12.8 Å². The van der Waals surface area contributed by atoms with E-state index < -0.39 is 0 Å². The van der Waals surface area contributed by atoms with Crippen molar-refractivity contribution in [2.45, 2.75) is 46.7 Å². The third-order valence-corrected chi connectivity index (χ3v) is 3.58. The van der Waals surface area contributed by atoms with Gasteiger partial charge in [0.15, 0.2) is 0 Å². The highest BCUT2D eigenvalue weighted by molar-refractivity contribution is 7.11. The van der Waals surface area contributed by atoms with Crippen LogP contribution in [0.2, 0.25) is 0 Å². The van der Waals surface area contributed by atoms with Crippen molar-refractivity contribution in [3.63, 3.8) is 0 Å². The summed E-state index contributed by atoms with van der Waals surface area (Å²) in [5, 5.41) is 7.21. The first-order chi connectivity index (χ1) is 8.49. The Kier molecular flexibility index (Phi) is 6.29. The van der Waals surface area contributed by atoms with Crippen molar-refractivity contribution in [2.75, 3.05) is 6.54 Å². The zero-order chi connectivity index (χ0) is 13.5. The molecule has 0 radical (unpaired) electrons. The largest absolute Gasteiger partial charge is 0.355 e. The SMILES string of the molecule is Cc1ncc(CNC(C)C(=O)NCCC(C)C)s1. The zero-order valence-electron chi connectivity index (χ0n) is 11.6. The molecule has 0 aromatic carbocycles. The number of carbonyl (C=O) groups is 1. The van der Waals surface area contributed by atoms with E-state index in [1.54, 1.807) is 11.3 Å². The van der Waals surface area contributed by atoms with Crippen LogP contribution in [0.5, 0.6) is 0 Å². The Hall–Kier alpha value is -0.940.